The quantitative estimate of drug-likeness (QED) is 0.629. The van der Waals surface area contributed by atoms with Crippen molar-refractivity contribution in [1.29, 1.82) is 0 Å². The second kappa shape index (κ2) is 5.86. The van der Waals surface area contributed by atoms with Crippen molar-refractivity contribution in [3.63, 3.8) is 0 Å². The third kappa shape index (κ3) is 3.10. The van der Waals surface area contributed by atoms with Crippen molar-refractivity contribution in [2.24, 2.45) is 0 Å². The predicted molar refractivity (Wildman–Crippen MR) is 81.6 cm³/mol. The van der Waals surface area contributed by atoms with Crippen molar-refractivity contribution in [3.05, 3.63) is 33.9 Å². The molecule has 1 heterocycles. The number of benzene rings is 1. The Morgan fingerprint density at radius 2 is 2.04 bits per heavy atom. The molecular weight excluding hydrogens is 302 g/mol. The minimum atomic E-state index is -0.993. The summed E-state index contributed by atoms with van der Waals surface area (Å²) in [5.41, 5.74) is 0.239. The number of anilines is 1. The molecule has 1 atom stereocenters. The summed E-state index contributed by atoms with van der Waals surface area (Å²) in [4.78, 5) is 35.7. The Kier molecular flexibility index (Phi) is 3.89. The number of aliphatic carboxylic acids is 1. The first kappa shape index (κ1) is 15.3. The normalized spacial score (nSPS) is 20.3. The van der Waals surface area contributed by atoms with Crippen LogP contribution in [0, 0.1) is 10.1 Å². The number of nitro groups is 1. The van der Waals surface area contributed by atoms with Gasteiger partial charge in [0.1, 0.15) is 11.7 Å². The minimum Gasteiger partial charge on any atom is -0.480 e. The van der Waals surface area contributed by atoms with Crippen LogP contribution < -0.4 is 10.2 Å². The third-order valence-corrected chi connectivity index (χ3v) is 4.19. The van der Waals surface area contributed by atoms with E-state index in [4.69, 9.17) is 0 Å². The molecule has 23 heavy (non-hydrogen) atoms. The number of carboxylic acid groups (broad SMARTS) is 1. The highest BCUT2D eigenvalue weighted by molar-refractivity contribution is 5.96. The van der Waals surface area contributed by atoms with E-state index in [1.165, 1.54) is 23.1 Å². The molecule has 1 amide bonds. The summed E-state index contributed by atoms with van der Waals surface area (Å²) in [6, 6.07) is 3.61. The van der Waals surface area contributed by atoms with Gasteiger partial charge in [0.2, 0.25) is 0 Å². The summed E-state index contributed by atoms with van der Waals surface area (Å²) in [5, 5.41) is 23.4. The van der Waals surface area contributed by atoms with E-state index in [-0.39, 0.29) is 28.9 Å². The lowest BCUT2D eigenvalue weighted by atomic mass is 10.1. The van der Waals surface area contributed by atoms with Crippen molar-refractivity contribution >= 4 is 23.3 Å². The molecule has 0 radical (unpaired) electrons. The van der Waals surface area contributed by atoms with Gasteiger partial charge in [0, 0.05) is 24.2 Å². The Labute approximate surface area is 132 Å². The van der Waals surface area contributed by atoms with Gasteiger partial charge in [-0.1, -0.05) is 0 Å². The first-order valence-corrected chi connectivity index (χ1v) is 7.56. The number of nitrogens with one attached hydrogen (secondary N) is 1. The summed E-state index contributed by atoms with van der Waals surface area (Å²) in [6.45, 7) is 0.450. The Bertz CT molecular complexity index is 671. The van der Waals surface area contributed by atoms with Gasteiger partial charge in [-0.2, -0.15) is 0 Å². The highest BCUT2D eigenvalue weighted by Gasteiger charge is 2.35. The standard InChI is InChI=1S/C15H17N3O5/c19-14(16-10-4-5-10)9-3-6-11(13(8-9)18(22)23)17-7-1-2-12(17)15(20)21/h3,6,8,10,12H,1-2,4-5,7H2,(H,16,19)(H,20,21). The second-order valence-electron chi connectivity index (χ2n) is 5.90. The molecule has 2 fully saturated rings. The summed E-state index contributed by atoms with van der Waals surface area (Å²) in [7, 11) is 0. The monoisotopic (exact) mass is 319 g/mol. The molecule has 8 heteroatoms. The molecule has 1 aromatic rings. The first-order chi connectivity index (χ1) is 11.0. The molecule has 0 bridgehead atoms. The van der Waals surface area contributed by atoms with Crippen LogP contribution in [0.25, 0.3) is 0 Å². The van der Waals surface area contributed by atoms with Crippen LogP contribution in [0.1, 0.15) is 36.0 Å². The minimum absolute atomic E-state index is 0.163. The fraction of sp³-hybridized carbons (Fsp3) is 0.467. The van der Waals surface area contributed by atoms with Crippen LogP contribution in [-0.2, 0) is 4.79 Å². The van der Waals surface area contributed by atoms with Gasteiger partial charge in [-0.25, -0.2) is 4.79 Å². The number of amides is 1. The van der Waals surface area contributed by atoms with Crippen LogP contribution in [-0.4, -0.2) is 40.5 Å². The number of carboxylic acids is 1. The van der Waals surface area contributed by atoms with Crippen LogP contribution >= 0.6 is 0 Å². The van der Waals surface area contributed by atoms with Crippen LogP contribution in [0.4, 0.5) is 11.4 Å². The fourth-order valence-electron chi connectivity index (χ4n) is 2.86. The number of rotatable bonds is 5. The molecule has 3 rings (SSSR count). The molecule has 1 saturated carbocycles. The molecule has 1 aliphatic heterocycles. The van der Waals surface area contributed by atoms with Gasteiger partial charge in [-0.3, -0.25) is 14.9 Å². The van der Waals surface area contributed by atoms with Gasteiger partial charge in [0.05, 0.1) is 4.92 Å². The Morgan fingerprint density at radius 1 is 1.30 bits per heavy atom. The maximum Gasteiger partial charge on any atom is 0.326 e. The molecule has 1 aromatic carbocycles. The Morgan fingerprint density at radius 3 is 2.65 bits per heavy atom. The van der Waals surface area contributed by atoms with Gasteiger partial charge in [0.25, 0.3) is 11.6 Å². The summed E-state index contributed by atoms with van der Waals surface area (Å²) < 4.78 is 0. The van der Waals surface area contributed by atoms with Crippen molar-refractivity contribution in [3.8, 4) is 0 Å². The molecule has 0 aromatic heterocycles. The predicted octanol–water partition coefficient (Wildman–Crippen LogP) is 1.54. The van der Waals surface area contributed by atoms with Crippen LogP contribution in [0.2, 0.25) is 0 Å². The molecule has 1 saturated heterocycles. The lowest BCUT2D eigenvalue weighted by molar-refractivity contribution is -0.384. The molecule has 0 spiro atoms. The van der Waals surface area contributed by atoms with Crippen LogP contribution in [0.3, 0.4) is 0 Å². The van der Waals surface area contributed by atoms with Gasteiger partial charge in [0.15, 0.2) is 0 Å². The molecule has 8 nitrogen and oxygen atoms in total. The number of nitro benzene ring substituents is 1. The van der Waals surface area contributed by atoms with E-state index in [1.807, 2.05) is 0 Å². The van der Waals surface area contributed by atoms with E-state index in [2.05, 4.69) is 5.32 Å². The van der Waals surface area contributed by atoms with Crippen molar-refractivity contribution in [1.82, 2.24) is 5.32 Å². The highest BCUT2D eigenvalue weighted by atomic mass is 16.6. The van der Waals surface area contributed by atoms with Gasteiger partial charge in [-0.05, 0) is 37.8 Å². The highest BCUT2D eigenvalue weighted by Crippen LogP contribution is 2.34. The number of carbonyl (C=O) groups is 2. The zero-order valence-corrected chi connectivity index (χ0v) is 12.4. The number of carbonyl (C=O) groups excluding carboxylic acids is 1. The molecule has 122 valence electrons. The summed E-state index contributed by atoms with van der Waals surface area (Å²) in [5.74, 6) is -1.33. The topological polar surface area (TPSA) is 113 Å². The third-order valence-electron chi connectivity index (χ3n) is 4.19. The van der Waals surface area contributed by atoms with E-state index in [0.29, 0.717) is 19.4 Å². The number of nitrogens with zero attached hydrogens (tertiary/aromatic N) is 2. The van der Waals surface area contributed by atoms with Crippen molar-refractivity contribution in [2.45, 2.75) is 37.8 Å². The van der Waals surface area contributed by atoms with Gasteiger partial charge in [-0.15, -0.1) is 0 Å². The van der Waals surface area contributed by atoms with Crippen molar-refractivity contribution in [2.75, 3.05) is 11.4 Å². The van der Waals surface area contributed by atoms with E-state index >= 15 is 0 Å². The Hall–Kier alpha value is -2.64. The summed E-state index contributed by atoms with van der Waals surface area (Å²) in [6.07, 6.45) is 2.98. The van der Waals surface area contributed by atoms with E-state index in [9.17, 15) is 24.8 Å². The Balaban J connectivity index is 1.92. The van der Waals surface area contributed by atoms with E-state index in [1.54, 1.807) is 0 Å². The average Bonchev–Trinajstić information content (AvgIpc) is 3.18. The maximum atomic E-state index is 12.0. The molecule has 1 aliphatic carbocycles. The van der Waals surface area contributed by atoms with Crippen LogP contribution in [0.5, 0.6) is 0 Å². The smallest absolute Gasteiger partial charge is 0.326 e. The summed E-state index contributed by atoms with van der Waals surface area (Å²) >= 11 is 0. The maximum absolute atomic E-state index is 12.0. The lowest BCUT2D eigenvalue weighted by Crippen LogP contribution is -2.36. The first-order valence-electron chi connectivity index (χ1n) is 7.56. The molecule has 2 aliphatic rings. The van der Waals surface area contributed by atoms with E-state index in [0.717, 1.165) is 12.8 Å². The molecule has 1 unspecified atom stereocenters. The number of hydrogen-bond acceptors (Lipinski definition) is 5. The lowest BCUT2D eigenvalue weighted by Gasteiger charge is -2.23. The molecular formula is C15H17N3O5. The SMILES string of the molecule is O=C(NC1CC1)c1ccc(N2CCCC2C(=O)O)c([N+](=O)[O-])c1. The van der Waals surface area contributed by atoms with E-state index < -0.39 is 16.9 Å². The number of hydrogen-bond donors (Lipinski definition) is 2. The molecule has 2 N–H and O–H groups in total. The van der Waals surface area contributed by atoms with Crippen LogP contribution in [0.15, 0.2) is 18.2 Å². The van der Waals surface area contributed by atoms with Gasteiger partial charge < -0.3 is 15.3 Å². The van der Waals surface area contributed by atoms with Gasteiger partial charge >= 0.3 is 5.97 Å². The fourth-order valence-corrected chi connectivity index (χ4v) is 2.86. The largest absolute Gasteiger partial charge is 0.480 e. The zero-order chi connectivity index (χ0) is 16.6. The zero-order valence-electron chi connectivity index (χ0n) is 12.4. The van der Waals surface area contributed by atoms with Crippen molar-refractivity contribution < 1.29 is 19.6 Å². The second-order valence-corrected chi connectivity index (χ2v) is 5.90. The average molecular weight is 319 g/mol.